The minimum Gasteiger partial charge on any atom is -0.309 e. The summed E-state index contributed by atoms with van der Waals surface area (Å²) in [6, 6.07) is 9.79. The molecule has 0 spiro atoms. The number of aryl methyl sites for hydroxylation is 1. The maximum Gasteiger partial charge on any atom is 0.267 e. The maximum absolute atomic E-state index is 12.8. The Morgan fingerprint density at radius 1 is 1.21 bits per heavy atom. The predicted octanol–water partition coefficient (Wildman–Crippen LogP) is 3.73. The molecule has 1 aromatic carbocycles. The molecule has 1 amide bonds. The first kappa shape index (κ1) is 19.4. The van der Waals surface area contributed by atoms with E-state index in [9.17, 15) is 9.59 Å². The van der Waals surface area contributed by atoms with Gasteiger partial charge in [0.15, 0.2) is 5.13 Å². The first-order valence-corrected chi connectivity index (χ1v) is 10.6. The molecule has 0 fully saturated rings. The lowest BCUT2D eigenvalue weighted by atomic mass is 10.2. The van der Waals surface area contributed by atoms with E-state index in [1.165, 1.54) is 22.7 Å². The summed E-state index contributed by atoms with van der Waals surface area (Å²) in [5.41, 5.74) is 2.21. The van der Waals surface area contributed by atoms with Gasteiger partial charge < -0.3 is 9.88 Å². The standard InChI is InChI=1S/C20H19N5O2S2/c1-11-15-17(26)22-14(9-25(2)3)23-19(15)29-16(11)18(27)24-20-21-13(10-28-20)12-7-5-4-6-8-12/h4-8,10H,9H2,1-3H3,(H,21,24,27)(H,22,23,26). The van der Waals surface area contributed by atoms with Gasteiger partial charge in [-0.1, -0.05) is 30.3 Å². The lowest BCUT2D eigenvalue weighted by molar-refractivity contribution is 0.103. The van der Waals surface area contributed by atoms with Crippen molar-refractivity contribution in [2.45, 2.75) is 13.5 Å². The van der Waals surface area contributed by atoms with Gasteiger partial charge in [-0.2, -0.15) is 0 Å². The molecule has 0 atom stereocenters. The van der Waals surface area contributed by atoms with Crippen LogP contribution in [-0.2, 0) is 6.54 Å². The Balaban J connectivity index is 1.62. The van der Waals surface area contributed by atoms with Gasteiger partial charge in [-0.15, -0.1) is 22.7 Å². The zero-order chi connectivity index (χ0) is 20.5. The van der Waals surface area contributed by atoms with Crippen LogP contribution in [0.15, 0.2) is 40.5 Å². The van der Waals surface area contributed by atoms with Gasteiger partial charge in [0.2, 0.25) is 0 Å². The molecule has 3 heterocycles. The molecule has 0 saturated carbocycles. The second kappa shape index (κ2) is 7.86. The lowest BCUT2D eigenvalue weighted by Gasteiger charge is -2.07. The van der Waals surface area contributed by atoms with E-state index < -0.39 is 0 Å². The molecule has 0 aliphatic carbocycles. The number of nitrogens with one attached hydrogen (secondary N) is 2. The number of amides is 1. The van der Waals surface area contributed by atoms with E-state index in [0.29, 0.717) is 38.2 Å². The highest BCUT2D eigenvalue weighted by Crippen LogP contribution is 2.29. The smallest absolute Gasteiger partial charge is 0.267 e. The first-order chi connectivity index (χ1) is 13.9. The fourth-order valence-electron chi connectivity index (χ4n) is 3.01. The summed E-state index contributed by atoms with van der Waals surface area (Å²) in [6.45, 7) is 2.29. The quantitative estimate of drug-likeness (QED) is 0.508. The van der Waals surface area contributed by atoms with E-state index in [4.69, 9.17) is 0 Å². The summed E-state index contributed by atoms with van der Waals surface area (Å²) in [5.74, 6) is 0.293. The number of aromatic amines is 1. The summed E-state index contributed by atoms with van der Waals surface area (Å²) >= 11 is 2.59. The molecule has 29 heavy (non-hydrogen) atoms. The molecule has 0 aliphatic heterocycles. The number of aromatic nitrogens is 3. The average molecular weight is 426 g/mol. The highest BCUT2D eigenvalue weighted by atomic mass is 32.1. The summed E-state index contributed by atoms with van der Waals surface area (Å²) in [4.78, 5) is 40.1. The predicted molar refractivity (Wildman–Crippen MR) is 118 cm³/mol. The number of fused-ring (bicyclic) bond motifs is 1. The van der Waals surface area contributed by atoms with Crippen molar-refractivity contribution in [3.05, 3.63) is 62.3 Å². The minimum absolute atomic E-state index is 0.222. The molecule has 7 nitrogen and oxygen atoms in total. The maximum atomic E-state index is 12.8. The Morgan fingerprint density at radius 3 is 2.69 bits per heavy atom. The average Bonchev–Trinajstić information content (AvgIpc) is 3.27. The van der Waals surface area contributed by atoms with Crippen LogP contribution in [-0.4, -0.2) is 39.9 Å². The van der Waals surface area contributed by atoms with Crippen molar-refractivity contribution in [1.29, 1.82) is 0 Å². The van der Waals surface area contributed by atoms with Crippen LogP contribution in [0, 0.1) is 6.92 Å². The molecule has 0 bridgehead atoms. The Morgan fingerprint density at radius 2 is 1.97 bits per heavy atom. The molecule has 148 valence electrons. The zero-order valence-corrected chi connectivity index (χ0v) is 17.8. The van der Waals surface area contributed by atoms with Gasteiger partial charge in [-0.05, 0) is 26.6 Å². The second-order valence-electron chi connectivity index (χ2n) is 6.84. The number of hydrogen-bond acceptors (Lipinski definition) is 7. The number of anilines is 1. The van der Waals surface area contributed by atoms with Gasteiger partial charge in [-0.25, -0.2) is 9.97 Å². The Kier molecular flexibility index (Phi) is 5.27. The Hall–Kier alpha value is -2.88. The number of benzene rings is 1. The molecule has 0 saturated heterocycles. The van der Waals surface area contributed by atoms with Crippen molar-refractivity contribution in [3.63, 3.8) is 0 Å². The minimum atomic E-state index is -0.284. The van der Waals surface area contributed by atoms with Crippen molar-refractivity contribution >= 4 is 43.9 Å². The summed E-state index contributed by atoms with van der Waals surface area (Å²) in [5, 5.41) is 5.73. The van der Waals surface area contributed by atoms with Crippen molar-refractivity contribution in [3.8, 4) is 11.3 Å². The van der Waals surface area contributed by atoms with Crippen LogP contribution >= 0.6 is 22.7 Å². The Labute approximate surface area is 175 Å². The molecule has 0 unspecified atom stereocenters. The molecule has 4 aromatic rings. The van der Waals surface area contributed by atoms with Gasteiger partial charge in [0, 0.05) is 10.9 Å². The normalized spacial score (nSPS) is 11.3. The third-order valence-electron chi connectivity index (χ3n) is 4.32. The molecular formula is C20H19N5O2S2. The lowest BCUT2D eigenvalue weighted by Crippen LogP contribution is -2.18. The fourth-order valence-corrected chi connectivity index (χ4v) is 4.82. The van der Waals surface area contributed by atoms with Crippen LogP contribution in [0.2, 0.25) is 0 Å². The van der Waals surface area contributed by atoms with Crippen LogP contribution in [0.3, 0.4) is 0 Å². The second-order valence-corrected chi connectivity index (χ2v) is 8.70. The van der Waals surface area contributed by atoms with E-state index >= 15 is 0 Å². The van der Waals surface area contributed by atoms with Crippen LogP contribution < -0.4 is 10.9 Å². The number of thiophene rings is 1. The molecule has 9 heteroatoms. The highest BCUT2D eigenvalue weighted by Gasteiger charge is 2.20. The molecular weight excluding hydrogens is 406 g/mol. The third-order valence-corrected chi connectivity index (χ3v) is 6.26. The monoisotopic (exact) mass is 425 g/mol. The molecule has 4 rings (SSSR count). The van der Waals surface area contributed by atoms with Crippen LogP contribution in [0.25, 0.3) is 21.5 Å². The third kappa shape index (κ3) is 3.98. The van der Waals surface area contributed by atoms with E-state index in [1.54, 1.807) is 6.92 Å². The highest BCUT2D eigenvalue weighted by molar-refractivity contribution is 7.21. The van der Waals surface area contributed by atoms with E-state index in [1.807, 2.05) is 54.7 Å². The van der Waals surface area contributed by atoms with E-state index in [2.05, 4.69) is 20.3 Å². The number of nitrogens with zero attached hydrogens (tertiary/aromatic N) is 3. The topological polar surface area (TPSA) is 91.0 Å². The van der Waals surface area contributed by atoms with Crippen molar-refractivity contribution in [2.24, 2.45) is 0 Å². The summed E-state index contributed by atoms with van der Waals surface area (Å²) < 4.78 is 0. The fraction of sp³-hybridized carbons (Fsp3) is 0.200. The van der Waals surface area contributed by atoms with Crippen LogP contribution in [0.5, 0.6) is 0 Å². The van der Waals surface area contributed by atoms with Gasteiger partial charge >= 0.3 is 0 Å². The van der Waals surface area contributed by atoms with Crippen molar-refractivity contribution in [1.82, 2.24) is 19.9 Å². The van der Waals surface area contributed by atoms with E-state index in [0.717, 1.165) is 11.3 Å². The number of carbonyl (C=O) groups is 1. The number of thiazole rings is 1. The largest absolute Gasteiger partial charge is 0.309 e. The van der Waals surface area contributed by atoms with E-state index in [-0.39, 0.29) is 11.5 Å². The SMILES string of the molecule is Cc1c(C(=O)Nc2nc(-c3ccccc3)cs2)sc2nc(CN(C)C)[nH]c(=O)c12. The number of H-pyrrole nitrogens is 1. The number of carbonyl (C=O) groups excluding carboxylic acids is 1. The molecule has 0 aliphatic rings. The van der Waals surface area contributed by atoms with Gasteiger partial charge in [0.1, 0.15) is 10.7 Å². The van der Waals surface area contributed by atoms with Gasteiger partial charge in [-0.3, -0.25) is 14.9 Å². The van der Waals surface area contributed by atoms with Crippen LogP contribution in [0.4, 0.5) is 5.13 Å². The summed E-state index contributed by atoms with van der Waals surface area (Å²) in [6.07, 6.45) is 0. The summed E-state index contributed by atoms with van der Waals surface area (Å²) in [7, 11) is 3.81. The first-order valence-electron chi connectivity index (χ1n) is 8.91. The zero-order valence-electron chi connectivity index (χ0n) is 16.1. The van der Waals surface area contributed by atoms with Crippen molar-refractivity contribution < 1.29 is 4.79 Å². The number of rotatable bonds is 5. The van der Waals surface area contributed by atoms with Crippen LogP contribution in [0.1, 0.15) is 21.1 Å². The van der Waals surface area contributed by atoms with Crippen molar-refractivity contribution in [2.75, 3.05) is 19.4 Å². The molecule has 0 radical (unpaired) electrons. The molecule has 2 N–H and O–H groups in total. The van der Waals surface area contributed by atoms with Gasteiger partial charge in [0.25, 0.3) is 11.5 Å². The Bertz CT molecular complexity index is 1240. The number of hydrogen-bond donors (Lipinski definition) is 2. The molecule has 3 aromatic heterocycles. The van der Waals surface area contributed by atoms with Gasteiger partial charge in [0.05, 0.1) is 22.5 Å².